The third-order valence-electron chi connectivity index (χ3n) is 4.49. The van der Waals surface area contributed by atoms with Crippen molar-refractivity contribution in [3.8, 4) is 6.07 Å². The van der Waals surface area contributed by atoms with Crippen molar-refractivity contribution < 1.29 is 5.11 Å². The van der Waals surface area contributed by atoms with Gasteiger partial charge in [0.05, 0.1) is 17.6 Å². The first kappa shape index (κ1) is 13.1. The van der Waals surface area contributed by atoms with E-state index in [0.29, 0.717) is 0 Å². The number of aliphatic hydroxyl groups excluding tert-OH is 1. The second kappa shape index (κ2) is 5.22. The van der Waals surface area contributed by atoms with Crippen molar-refractivity contribution in [2.24, 2.45) is 5.41 Å². The number of benzene rings is 1. The lowest BCUT2D eigenvalue weighted by molar-refractivity contribution is 0.0368. The number of nitriles is 1. The van der Waals surface area contributed by atoms with Gasteiger partial charge in [-0.15, -0.1) is 0 Å². The fourth-order valence-electron chi connectivity index (χ4n) is 3.28. The molecule has 1 aliphatic carbocycles. The molecule has 1 heterocycles. The summed E-state index contributed by atoms with van der Waals surface area (Å²) in [6, 6.07) is 10.3. The first-order chi connectivity index (χ1) is 9.77. The SMILES string of the molecule is N#CC1(C(O)c2cncc3ccccc23)CCCCC1. The maximum atomic E-state index is 10.8. The molecular formula is C17H18N2O. The molecular weight excluding hydrogens is 248 g/mol. The fraction of sp³-hybridized carbons (Fsp3) is 0.412. The molecule has 1 saturated carbocycles. The van der Waals surface area contributed by atoms with Crippen molar-refractivity contribution in [3.63, 3.8) is 0 Å². The number of fused-ring (bicyclic) bond motifs is 1. The maximum absolute atomic E-state index is 10.8. The number of pyridine rings is 1. The molecule has 1 aliphatic rings. The number of hydrogen-bond acceptors (Lipinski definition) is 3. The molecule has 1 unspecified atom stereocenters. The highest BCUT2D eigenvalue weighted by Crippen LogP contribution is 2.46. The average molecular weight is 266 g/mol. The van der Waals surface area contributed by atoms with Crippen LogP contribution in [-0.2, 0) is 0 Å². The molecule has 0 aliphatic heterocycles. The van der Waals surface area contributed by atoms with Gasteiger partial charge in [-0.25, -0.2) is 0 Å². The number of hydrogen-bond donors (Lipinski definition) is 1. The van der Waals surface area contributed by atoms with E-state index in [1.807, 2.05) is 24.3 Å². The lowest BCUT2D eigenvalue weighted by Crippen LogP contribution is -2.30. The molecule has 1 aromatic carbocycles. The van der Waals surface area contributed by atoms with Gasteiger partial charge in [0.15, 0.2) is 0 Å². The van der Waals surface area contributed by atoms with E-state index in [2.05, 4.69) is 11.1 Å². The Hall–Kier alpha value is -1.92. The third-order valence-corrected chi connectivity index (χ3v) is 4.49. The van der Waals surface area contributed by atoms with E-state index in [1.165, 1.54) is 0 Å². The second-order valence-corrected chi connectivity index (χ2v) is 5.68. The van der Waals surface area contributed by atoms with E-state index in [1.54, 1.807) is 12.4 Å². The summed E-state index contributed by atoms with van der Waals surface area (Å²) in [5, 5.41) is 22.4. The predicted octanol–water partition coefficient (Wildman–Crippen LogP) is 3.74. The van der Waals surface area contributed by atoms with Crippen LogP contribution < -0.4 is 0 Å². The summed E-state index contributed by atoms with van der Waals surface area (Å²) in [4.78, 5) is 4.22. The van der Waals surface area contributed by atoms with E-state index in [-0.39, 0.29) is 0 Å². The summed E-state index contributed by atoms with van der Waals surface area (Å²) in [5.74, 6) is 0. The number of aromatic nitrogens is 1. The van der Waals surface area contributed by atoms with Crippen molar-refractivity contribution in [1.82, 2.24) is 4.98 Å². The molecule has 0 bridgehead atoms. The molecule has 1 fully saturated rings. The van der Waals surface area contributed by atoms with Crippen LogP contribution in [0.15, 0.2) is 36.7 Å². The highest BCUT2D eigenvalue weighted by atomic mass is 16.3. The van der Waals surface area contributed by atoms with Crippen LogP contribution in [0.3, 0.4) is 0 Å². The van der Waals surface area contributed by atoms with Gasteiger partial charge in [0.2, 0.25) is 0 Å². The first-order valence-corrected chi connectivity index (χ1v) is 7.19. The fourth-order valence-corrected chi connectivity index (χ4v) is 3.28. The second-order valence-electron chi connectivity index (χ2n) is 5.68. The van der Waals surface area contributed by atoms with Gasteiger partial charge in [-0.3, -0.25) is 4.98 Å². The lowest BCUT2D eigenvalue weighted by atomic mass is 9.69. The summed E-state index contributed by atoms with van der Waals surface area (Å²) in [5.41, 5.74) is 0.135. The molecule has 0 saturated heterocycles. The summed E-state index contributed by atoms with van der Waals surface area (Å²) in [6.07, 6.45) is 7.48. The topological polar surface area (TPSA) is 56.9 Å². The Morgan fingerprint density at radius 3 is 2.65 bits per heavy atom. The molecule has 0 radical (unpaired) electrons. The van der Waals surface area contributed by atoms with E-state index in [9.17, 15) is 10.4 Å². The Kier molecular flexibility index (Phi) is 3.42. The van der Waals surface area contributed by atoms with Gasteiger partial charge in [-0.05, 0) is 18.2 Å². The van der Waals surface area contributed by atoms with E-state index >= 15 is 0 Å². The molecule has 3 nitrogen and oxygen atoms in total. The highest BCUT2D eigenvalue weighted by Gasteiger charge is 2.40. The third kappa shape index (κ3) is 2.07. The van der Waals surface area contributed by atoms with Crippen molar-refractivity contribution in [1.29, 1.82) is 5.26 Å². The minimum Gasteiger partial charge on any atom is -0.387 e. The van der Waals surface area contributed by atoms with E-state index < -0.39 is 11.5 Å². The molecule has 3 rings (SSSR count). The molecule has 3 heteroatoms. The Balaban J connectivity index is 2.08. The Morgan fingerprint density at radius 1 is 1.15 bits per heavy atom. The molecule has 0 spiro atoms. The van der Waals surface area contributed by atoms with Crippen LogP contribution in [0.25, 0.3) is 10.8 Å². The Labute approximate surface area is 118 Å². The molecule has 20 heavy (non-hydrogen) atoms. The van der Waals surface area contributed by atoms with Crippen LogP contribution in [0.1, 0.15) is 43.8 Å². The summed E-state index contributed by atoms with van der Waals surface area (Å²) in [7, 11) is 0. The van der Waals surface area contributed by atoms with Crippen LogP contribution in [0.4, 0.5) is 0 Å². The van der Waals surface area contributed by atoms with Crippen molar-refractivity contribution in [3.05, 3.63) is 42.2 Å². The van der Waals surface area contributed by atoms with Crippen molar-refractivity contribution >= 4 is 10.8 Å². The molecule has 1 N–H and O–H groups in total. The highest BCUT2D eigenvalue weighted by molar-refractivity contribution is 5.85. The van der Waals surface area contributed by atoms with Gasteiger partial charge in [0.1, 0.15) is 0 Å². The Morgan fingerprint density at radius 2 is 1.90 bits per heavy atom. The normalized spacial score (nSPS) is 19.4. The molecule has 1 aromatic heterocycles. The van der Waals surface area contributed by atoms with Crippen LogP contribution in [-0.4, -0.2) is 10.1 Å². The molecule has 102 valence electrons. The van der Waals surface area contributed by atoms with Gasteiger partial charge in [-0.1, -0.05) is 43.5 Å². The minimum atomic E-state index is -0.758. The first-order valence-electron chi connectivity index (χ1n) is 7.19. The predicted molar refractivity (Wildman–Crippen MR) is 77.8 cm³/mol. The zero-order chi connectivity index (χ0) is 14.0. The quantitative estimate of drug-likeness (QED) is 0.900. The standard InChI is InChI=1S/C17H18N2O/c18-12-17(8-4-1-5-9-17)16(20)15-11-19-10-13-6-2-3-7-14(13)15/h2-3,6-7,10-11,16,20H,1,4-5,8-9H2. The number of aliphatic hydroxyl groups is 1. The van der Waals surface area contributed by atoms with Gasteiger partial charge in [-0.2, -0.15) is 5.26 Å². The molecule has 2 aromatic rings. The summed E-state index contributed by atoms with van der Waals surface area (Å²) >= 11 is 0. The molecule has 1 atom stereocenters. The van der Waals surface area contributed by atoms with Crippen LogP contribution >= 0.6 is 0 Å². The van der Waals surface area contributed by atoms with Crippen LogP contribution in [0, 0.1) is 16.7 Å². The minimum absolute atomic E-state index is 0.649. The monoisotopic (exact) mass is 266 g/mol. The average Bonchev–Trinajstić information content (AvgIpc) is 2.54. The number of nitrogens with zero attached hydrogens (tertiary/aromatic N) is 2. The van der Waals surface area contributed by atoms with Gasteiger partial charge in [0, 0.05) is 23.3 Å². The van der Waals surface area contributed by atoms with E-state index in [4.69, 9.17) is 0 Å². The van der Waals surface area contributed by atoms with Crippen molar-refractivity contribution in [2.45, 2.75) is 38.2 Å². The number of rotatable bonds is 2. The zero-order valence-electron chi connectivity index (χ0n) is 11.4. The largest absolute Gasteiger partial charge is 0.387 e. The summed E-state index contributed by atoms with van der Waals surface area (Å²) < 4.78 is 0. The van der Waals surface area contributed by atoms with Crippen molar-refractivity contribution in [2.75, 3.05) is 0 Å². The smallest absolute Gasteiger partial charge is 0.0997 e. The Bertz CT molecular complexity index is 648. The van der Waals surface area contributed by atoms with Gasteiger partial charge in [0.25, 0.3) is 0 Å². The van der Waals surface area contributed by atoms with Crippen LogP contribution in [0.5, 0.6) is 0 Å². The summed E-state index contributed by atoms with van der Waals surface area (Å²) in [6.45, 7) is 0. The van der Waals surface area contributed by atoms with E-state index in [0.717, 1.165) is 48.4 Å². The van der Waals surface area contributed by atoms with Gasteiger partial charge < -0.3 is 5.11 Å². The van der Waals surface area contributed by atoms with Crippen LogP contribution in [0.2, 0.25) is 0 Å². The van der Waals surface area contributed by atoms with Gasteiger partial charge >= 0.3 is 0 Å². The zero-order valence-corrected chi connectivity index (χ0v) is 11.4. The lowest BCUT2D eigenvalue weighted by Gasteiger charge is -2.35. The molecule has 0 amide bonds. The maximum Gasteiger partial charge on any atom is 0.0997 e.